The Kier molecular flexibility index (Phi) is 20.5. The van der Waals surface area contributed by atoms with Crippen molar-refractivity contribution in [1.29, 1.82) is 0 Å². The average molecular weight is 841 g/mol. The van der Waals surface area contributed by atoms with Gasteiger partial charge in [-0.15, -0.1) is 41.9 Å². The van der Waals surface area contributed by atoms with Crippen molar-refractivity contribution < 1.29 is 52.5 Å². The minimum absolute atomic E-state index is 0. The molecule has 0 saturated carbocycles. The zero-order chi connectivity index (χ0) is 39.8. The number of nitrogens with zero attached hydrogens (tertiary/aromatic N) is 2. The quantitative estimate of drug-likeness (QED) is 0.0926. The third-order valence-corrected chi connectivity index (χ3v) is 9.31. The Labute approximate surface area is 339 Å². The first kappa shape index (κ1) is 48.5. The molecule has 0 fully saturated rings. The molecule has 54 heavy (non-hydrogen) atoms. The van der Waals surface area contributed by atoms with Crippen LogP contribution in [-0.4, -0.2) is 18.0 Å². The molecule has 5 aromatic carbocycles. The van der Waals surface area contributed by atoms with Crippen molar-refractivity contribution in [2.45, 2.75) is 65.3 Å². The van der Waals surface area contributed by atoms with Gasteiger partial charge in [-0.05, 0) is 59.8 Å². The molecule has 1 unspecified atom stereocenters. The maximum Gasteiger partial charge on any atom is 0.416 e. The third kappa shape index (κ3) is 18.7. The number of rotatable bonds is 6. The van der Waals surface area contributed by atoms with Crippen molar-refractivity contribution in [3.63, 3.8) is 0 Å². The van der Waals surface area contributed by atoms with Crippen molar-refractivity contribution in [2.24, 2.45) is 0 Å². The number of alkyl halides is 6. The summed E-state index contributed by atoms with van der Waals surface area (Å²) in [6.07, 6.45) is -9.16. The predicted octanol–water partition coefficient (Wildman–Crippen LogP) is 13.2. The zero-order valence-corrected chi connectivity index (χ0v) is 35.0. The number of hydrogen-bond donors (Lipinski definition) is 0. The van der Waals surface area contributed by atoms with Crippen LogP contribution in [0.2, 0.25) is 0 Å². The van der Waals surface area contributed by atoms with E-state index >= 15 is 0 Å². The molecule has 0 spiro atoms. The predicted molar refractivity (Wildman–Crippen MR) is 212 cm³/mol. The van der Waals surface area contributed by atoms with E-state index in [-0.39, 0.29) is 26.2 Å². The summed E-state index contributed by atoms with van der Waals surface area (Å²) in [6.45, 7) is 21.8. The summed E-state index contributed by atoms with van der Waals surface area (Å²) in [5, 5.41) is 9.79. The van der Waals surface area contributed by atoms with Crippen molar-refractivity contribution in [3.8, 4) is 0 Å². The maximum absolute atomic E-state index is 13.5. The smallest absolute Gasteiger partial charge is 0.416 e. The molecule has 0 N–H and O–H groups in total. The van der Waals surface area contributed by atoms with E-state index in [1.165, 1.54) is 13.8 Å². The van der Waals surface area contributed by atoms with Gasteiger partial charge >= 0.3 is 12.4 Å². The van der Waals surface area contributed by atoms with Crippen LogP contribution in [0.25, 0.3) is 10.6 Å². The summed E-state index contributed by atoms with van der Waals surface area (Å²) in [5.74, 6) is -0.791. The monoisotopic (exact) mass is 839 g/mol. The van der Waals surface area contributed by atoms with Gasteiger partial charge in [0.15, 0.2) is 0 Å². The van der Waals surface area contributed by atoms with Gasteiger partial charge in [0.05, 0.1) is 11.1 Å². The minimum Gasteiger partial charge on any atom is -0.674 e. The van der Waals surface area contributed by atoms with E-state index in [9.17, 15) is 26.3 Å². The van der Waals surface area contributed by atoms with Crippen LogP contribution in [0.1, 0.15) is 66.6 Å². The standard InChI is InChI=1S/C23H27F6N2P.3C7H7.Zr/c1-7-30-20(31-21(4,5)6)32(18-10-14(2)8-16(12-18)22(24,25)26)19-11-15(3)9-17(13-19)23(27,28)29;3*1-7-5-3-2-4-6-7;/h8-13,20H,7H2,1-6H3;3*2-6H,1H2;/q-2;3*-1;. The van der Waals surface area contributed by atoms with Gasteiger partial charge in [-0.3, -0.25) is 0 Å². The molecule has 0 aliphatic rings. The van der Waals surface area contributed by atoms with Crippen LogP contribution in [0.5, 0.6) is 0 Å². The van der Waals surface area contributed by atoms with Crippen LogP contribution in [0.4, 0.5) is 26.3 Å². The summed E-state index contributed by atoms with van der Waals surface area (Å²) in [4.78, 5) is 0. The van der Waals surface area contributed by atoms with E-state index in [1.807, 2.05) is 112 Å². The first-order chi connectivity index (χ1) is 24.7. The molecular weight excluding hydrogens is 793 g/mol. The van der Waals surface area contributed by atoms with E-state index in [0.717, 1.165) is 41.0 Å². The van der Waals surface area contributed by atoms with Gasteiger partial charge in [0.2, 0.25) is 0 Å². The summed E-state index contributed by atoms with van der Waals surface area (Å²) in [7, 11) is -1.78. The van der Waals surface area contributed by atoms with Gasteiger partial charge in [0, 0.05) is 26.2 Å². The molecule has 0 heterocycles. The van der Waals surface area contributed by atoms with E-state index in [0.29, 0.717) is 28.3 Å². The molecule has 0 amide bonds. The molecular formula is C44H48F6N2PZr-5. The second kappa shape index (κ2) is 22.8. The van der Waals surface area contributed by atoms with E-state index in [4.69, 9.17) is 5.32 Å². The first-order valence-corrected chi connectivity index (χ1v) is 18.3. The van der Waals surface area contributed by atoms with Crippen LogP contribution in [0.15, 0.2) is 127 Å². The zero-order valence-electron chi connectivity index (χ0n) is 31.6. The Bertz CT molecular complexity index is 1620. The largest absolute Gasteiger partial charge is 0.674 e. The molecule has 0 radical (unpaired) electrons. The van der Waals surface area contributed by atoms with Crippen molar-refractivity contribution in [1.82, 2.24) is 0 Å². The van der Waals surface area contributed by atoms with Gasteiger partial charge < -0.3 is 10.6 Å². The normalized spacial score (nSPS) is 11.7. The Morgan fingerprint density at radius 1 is 0.556 bits per heavy atom. The molecule has 5 aromatic rings. The van der Waals surface area contributed by atoms with Gasteiger partial charge in [0.25, 0.3) is 0 Å². The summed E-state index contributed by atoms with van der Waals surface area (Å²) < 4.78 is 81.2. The molecule has 0 aliphatic carbocycles. The van der Waals surface area contributed by atoms with Crippen LogP contribution < -0.4 is 10.6 Å². The van der Waals surface area contributed by atoms with Crippen LogP contribution in [0, 0.1) is 34.6 Å². The second-order valence-electron chi connectivity index (χ2n) is 13.1. The van der Waals surface area contributed by atoms with Crippen LogP contribution in [0.3, 0.4) is 0 Å². The number of benzene rings is 5. The SMILES string of the molecule is CC[N-]C([N-]C(C)(C)C)P(c1cc(C)cc(C(F)(F)F)c1)c1cc(C)cc(C(F)(F)F)c1.[CH2-]c1ccccc1.[CH2-]c1ccccc1.[CH2-]c1ccccc1.[Zr]. The topological polar surface area (TPSA) is 28.2 Å². The molecule has 1 atom stereocenters. The van der Waals surface area contributed by atoms with Crippen LogP contribution in [-0.2, 0) is 38.6 Å². The molecule has 10 heteroatoms. The molecule has 0 aliphatic heterocycles. The Hall–Kier alpha value is -3.48. The molecule has 2 nitrogen and oxygen atoms in total. The number of halogens is 6. The minimum atomic E-state index is -4.58. The van der Waals surface area contributed by atoms with Crippen molar-refractivity contribution >= 4 is 18.5 Å². The number of aryl methyl sites for hydroxylation is 2. The van der Waals surface area contributed by atoms with Gasteiger partial charge in [-0.25, -0.2) is 5.91 Å². The van der Waals surface area contributed by atoms with Gasteiger partial charge in [-0.2, -0.15) is 107 Å². The fourth-order valence-corrected chi connectivity index (χ4v) is 7.53. The summed E-state index contributed by atoms with van der Waals surface area (Å²) in [6, 6.07) is 36.9. The Balaban J connectivity index is 0.000000526. The molecule has 0 aromatic heterocycles. The fourth-order valence-electron chi connectivity index (χ4n) is 4.67. The first-order valence-electron chi connectivity index (χ1n) is 16.9. The van der Waals surface area contributed by atoms with E-state index < -0.39 is 42.8 Å². The third-order valence-electron chi connectivity index (χ3n) is 6.94. The molecule has 290 valence electrons. The summed E-state index contributed by atoms with van der Waals surface area (Å²) >= 11 is 0. The number of hydrogen-bond acceptors (Lipinski definition) is 0. The molecule has 5 rings (SSSR count). The van der Waals surface area contributed by atoms with Crippen molar-refractivity contribution in [2.75, 3.05) is 6.54 Å². The van der Waals surface area contributed by atoms with E-state index in [2.05, 4.69) is 26.1 Å². The molecule has 0 saturated heterocycles. The Morgan fingerprint density at radius 2 is 0.870 bits per heavy atom. The van der Waals surface area contributed by atoms with Gasteiger partial charge in [-0.1, -0.05) is 65.9 Å². The van der Waals surface area contributed by atoms with Gasteiger partial charge in [0.1, 0.15) is 0 Å². The maximum atomic E-state index is 13.5. The van der Waals surface area contributed by atoms with Crippen molar-refractivity contribution in [3.05, 3.63) is 198 Å². The molecule has 0 bridgehead atoms. The fraction of sp³-hybridized carbons (Fsp3) is 0.250. The summed E-state index contributed by atoms with van der Waals surface area (Å²) in [5.41, 5.74) is 1.70. The Morgan fingerprint density at radius 3 is 1.09 bits per heavy atom. The van der Waals surface area contributed by atoms with E-state index in [1.54, 1.807) is 19.1 Å². The second-order valence-corrected chi connectivity index (χ2v) is 15.3. The average Bonchev–Trinajstić information content (AvgIpc) is 3.05. The van der Waals surface area contributed by atoms with Crippen LogP contribution >= 0.6 is 7.92 Å².